The number of nitrogens with zero attached hydrogens (tertiary/aromatic N) is 1. The first-order valence-corrected chi connectivity index (χ1v) is 13.2. The number of rotatable bonds is 13. The summed E-state index contributed by atoms with van der Waals surface area (Å²) in [5.41, 5.74) is 1.92. The molecule has 1 N–H and O–H groups in total. The third-order valence-electron chi connectivity index (χ3n) is 5.72. The lowest BCUT2D eigenvalue weighted by molar-refractivity contribution is 0.0526. The maximum absolute atomic E-state index is 12.7. The minimum Gasteiger partial charge on any atom is -0.462 e. The van der Waals surface area contributed by atoms with Crippen molar-refractivity contribution >= 4 is 39.6 Å². The first-order chi connectivity index (χ1) is 14.6. The first-order valence-electron chi connectivity index (χ1n) is 12.0. The van der Waals surface area contributed by atoms with E-state index in [1.165, 1.54) is 55.4 Å². The molecule has 1 heterocycles. The molecule has 170 valence electrons. The summed E-state index contributed by atoms with van der Waals surface area (Å²) in [6.45, 7) is 8.71. The molecule has 1 aromatic heterocycles. The van der Waals surface area contributed by atoms with Crippen LogP contribution in [0.25, 0.3) is 0 Å². The Hall–Kier alpha value is -1.14. The van der Waals surface area contributed by atoms with Crippen molar-refractivity contribution in [3.05, 3.63) is 16.0 Å². The summed E-state index contributed by atoms with van der Waals surface area (Å²) >= 11 is 7.53. The van der Waals surface area contributed by atoms with Crippen LogP contribution in [0.4, 0.5) is 5.00 Å². The molecule has 30 heavy (non-hydrogen) atoms. The predicted octanol–water partition coefficient (Wildman–Crippen LogP) is 6.96. The van der Waals surface area contributed by atoms with Crippen LogP contribution in [0.1, 0.15) is 106 Å². The van der Waals surface area contributed by atoms with Crippen LogP contribution in [0.2, 0.25) is 0 Å². The molecule has 0 aromatic carbocycles. The lowest BCUT2D eigenvalue weighted by Crippen LogP contribution is -2.36. The van der Waals surface area contributed by atoms with E-state index in [2.05, 4.69) is 24.1 Å². The van der Waals surface area contributed by atoms with Crippen LogP contribution >= 0.6 is 23.6 Å². The maximum Gasteiger partial charge on any atom is 0.341 e. The van der Waals surface area contributed by atoms with Crippen LogP contribution in [-0.2, 0) is 17.6 Å². The van der Waals surface area contributed by atoms with Gasteiger partial charge in [0, 0.05) is 18.0 Å². The van der Waals surface area contributed by atoms with Crippen molar-refractivity contribution in [2.45, 2.75) is 97.8 Å². The standard InChI is InChI=1S/C24H40N2O2S2/c1-4-7-9-13-17-26(18-14-10-8-5-2)24(29)25-22-21(23(27)28-6-3)19-15-11-12-16-20(19)30-22/h4-18H2,1-3H3,(H,25,29). The van der Waals surface area contributed by atoms with Gasteiger partial charge in [0.15, 0.2) is 5.11 Å². The number of nitrogens with one attached hydrogen (secondary N) is 1. The second kappa shape index (κ2) is 14.0. The maximum atomic E-state index is 12.7. The first kappa shape index (κ1) is 25.1. The van der Waals surface area contributed by atoms with E-state index in [-0.39, 0.29) is 5.97 Å². The van der Waals surface area contributed by atoms with Gasteiger partial charge >= 0.3 is 5.97 Å². The van der Waals surface area contributed by atoms with Gasteiger partial charge in [0.1, 0.15) is 5.00 Å². The molecular formula is C24H40N2O2S2. The van der Waals surface area contributed by atoms with Gasteiger partial charge in [-0.15, -0.1) is 11.3 Å². The molecule has 0 spiro atoms. The summed E-state index contributed by atoms with van der Waals surface area (Å²) in [6, 6.07) is 0. The lowest BCUT2D eigenvalue weighted by atomic mass is 9.95. The number of aryl methyl sites for hydroxylation is 1. The van der Waals surface area contributed by atoms with Gasteiger partial charge in [-0.05, 0) is 63.2 Å². The molecule has 6 heteroatoms. The van der Waals surface area contributed by atoms with Crippen LogP contribution in [-0.4, -0.2) is 35.7 Å². The normalized spacial score (nSPS) is 13.0. The number of anilines is 1. The van der Waals surface area contributed by atoms with Gasteiger partial charge in [-0.25, -0.2) is 4.79 Å². The largest absolute Gasteiger partial charge is 0.462 e. The molecule has 1 aromatic rings. The van der Waals surface area contributed by atoms with E-state index in [9.17, 15) is 4.79 Å². The Kier molecular flexibility index (Phi) is 11.7. The highest BCUT2D eigenvalue weighted by atomic mass is 32.1. The highest BCUT2D eigenvalue weighted by Crippen LogP contribution is 2.38. The zero-order chi connectivity index (χ0) is 21.8. The van der Waals surface area contributed by atoms with Gasteiger partial charge in [-0.1, -0.05) is 52.4 Å². The molecule has 0 fully saturated rings. The number of carbonyl (C=O) groups is 1. The zero-order valence-electron chi connectivity index (χ0n) is 19.2. The van der Waals surface area contributed by atoms with Crippen molar-refractivity contribution < 1.29 is 9.53 Å². The van der Waals surface area contributed by atoms with Crippen molar-refractivity contribution in [2.75, 3.05) is 25.0 Å². The molecule has 0 radical (unpaired) electrons. The van der Waals surface area contributed by atoms with Crippen molar-refractivity contribution in [1.29, 1.82) is 0 Å². The number of ether oxygens (including phenoxy) is 1. The SMILES string of the molecule is CCCCCCN(CCCCCC)C(=S)Nc1sc2c(c1C(=O)OCC)CCCC2. The van der Waals surface area contributed by atoms with E-state index in [1.54, 1.807) is 11.3 Å². The van der Waals surface area contributed by atoms with Gasteiger partial charge in [-0.3, -0.25) is 0 Å². The summed E-state index contributed by atoms with van der Waals surface area (Å²) in [7, 11) is 0. The molecule has 4 nitrogen and oxygen atoms in total. The Morgan fingerprint density at radius 3 is 2.23 bits per heavy atom. The third kappa shape index (κ3) is 7.52. The average Bonchev–Trinajstić information content (AvgIpc) is 3.10. The van der Waals surface area contributed by atoms with E-state index >= 15 is 0 Å². The van der Waals surface area contributed by atoms with Crippen molar-refractivity contribution in [3.8, 4) is 0 Å². The summed E-state index contributed by atoms with van der Waals surface area (Å²) < 4.78 is 5.39. The number of carbonyl (C=O) groups excluding carboxylic acids is 1. The Balaban J connectivity index is 2.11. The minimum absolute atomic E-state index is 0.209. The Morgan fingerprint density at radius 1 is 1.00 bits per heavy atom. The van der Waals surface area contributed by atoms with Gasteiger partial charge in [0.2, 0.25) is 0 Å². The summed E-state index contributed by atoms with van der Waals surface area (Å²) in [5, 5.41) is 5.11. The third-order valence-corrected chi connectivity index (χ3v) is 7.29. The fourth-order valence-electron chi connectivity index (χ4n) is 4.02. The number of thiophene rings is 1. The van der Waals surface area contributed by atoms with E-state index in [0.717, 1.165) is 60.9 Å². The van der Waals surface area contributed by atoms with Crippen LogP contribution in [0.5, 0.6) is 0 Å². The molecule has 0 atom stereocenters. The number of hydrogen-bond donors (Lipinski definition) is 1. The van der Waals surface area contributed by atoms with E-state index < -0.39 is 0 Å². The number of fused-ring (bicyclic) bond motifs is 1. The molecule has 0 saturated heterocycles. The number of thiocarbonyl (C=S) groups is 1. The lowest BCUT2D eigenvalue weighted by Gasteiger charge is -2.26. The number of esters is 1. The van der Waals surface area contributed by atoms with E-state index in [1.807, 2.05) is 6.92 Å². The minimum atomic E-state index is -0.209. The molecule has 0 amide bonds. The van der Waals surface area contributed by atoms with Gasteiger partial charge in [0.05, 0.1) is 12.2 Å². The second-order valence-corrected chi connectivity index (χ2v) is 9.67. The fourth-order valence-corrected chi connectivity index (χ4v) is 5.65. The molecule has 2 rings (SSSR count). The van der Waals surface area contributed by atoms with Crippen molar-refractivity contribution in [2.24, 2.45) is 0 Å². The molecule has 1 aliphatic rings. The summed E-state index contributed by atoms with van der Waals surface area (Å²) in [5.74, 6) is -0.209. The van der Waals surface area contributed by atoms with Gasteiger partial charge in [0.25, 0.3) is 0 Å². The smallest absolute Gasteiger partial charge is 0.341 e. The Bertz CT molecular complexity index is 660. The molecular weight excluding hydrogens is 412 g/mol. The Morgan fingerprint density at radius 2 is 1.63 bits per heavy atom. The summed E-state index contributed by atoms with van der Waals surface area (Å²) in [4.78, 5) is 16.4. The number of unbranched alkanes of at least 4 members (excludes halogenated alkanes) is 6. The number of hydrogen-bond acceptors (Lipinski definition) is 4. The van der Waals surface area contributed by atoms with Crippen LogP contribution in [0, 0.1) is 0 Å². The molecule has 0 aliphatic heterocycles. The predicted molar refractivity (Wildman–Crippen MR) is 133 cm³/mol. The van der Waals surface area contributed by atoms with Crippen LogP contribution < -0.4 is 5.32 Å². The van der Waals surface area contributed by atoms with E-state index in [4.69, 9.17) is 17.0 Å². The van der Waals surface area contributed by atoms with Crippen LogP contribution in [0.3, 0.4) is 0 Å². The molecule has 0 saturated carbocycles. The topological polar surface area (TPSA) is 41.6 Å². The summed E-state index contributed by atoms with van der Waals surface area (Å²) in [6.07, 6.45) is 14.2. The van der Waals surface area contributed by atoms with Gasteiger partial charge in [-0.2, -0.15) is 0 Å². The average molecular weight is 453 g/mol. The highest BCUT2D eigenvalue weighted by molar-refractivity contribution is 7.80. The highest BCUT2D eigenvalue weighted by Gasteiger charge is 2.27. The van der Waals surface area contributed by atoms with Crippen LogP contribution in [0.15, 0.2) is 0 Å². The van der Waals surface area contributed by atoms with Gasteiger partial charge < -0.3 is 15.0 Å². The monoisotopic (exact) mass is 452 g/mol. The van der Waals surface area contributed by atoms with E-state index in [0.29, 0.717) is 6.61 Å². The fraction of sp³-hybridized carbons (Fsp3) is 0.750. The molecule has 1 aliphatic carbocycles. The van der Waals surface area contributed by atoms with Crippen molar-refractivity contribution in [1.82, 2.24) is 4.90 Å². The quantitative estimate of drug-likeness (QED) is 0.199. The Labute approximate surface area is 192 Å². The zero-order valence-corrected chi connectivity index (χ0v) is 20.8. The van der Waals surface area contributed by atoms with Crippen molar-refractivity contribution in [3.63, 3.8) is 0 Å². The molecule has 0 bridgehead atoms. The molecule has 0 unspecified atom stereocenters. The second-order valence-electron chi connectivity index (χ2n) is 8.17.